The van der Waals surface area contributed by atoms with Crippen LogP contribution in [0.4, 0.5) is 19.2 Å². The fourth-order valence-electron chi connectivity index (χ4n) is 12.2. The van der Waals surface area contributed by atoms with E-state index in [0.29, 0.717) is 46.6 Å². The van der Waals surface area contributed by atoms with Gasteiger partial charge in [0, 0.05) is 28.3 Å². The van der Waals surface area contributed by atoms with E-state index in [1.807, 2.05) is 181 Å². The van der Waals surface area contributed by atoms with Gasteiger partial charge in [-0.25, -0.2) is 33.7 Å². The Kier molecular flexibility index (Phi) is 31.6. The van der Waals surface area contributed by atoms with Gasteiger partial charge in [0.15, 0.2) is 0 Å². The normalized spacial score (nSPS) is 14.0. The minimum atomic E-state index is -1.85. The van der Waals surface area contributed by atoms with Crippen LogP contribution in [0.3, 0.4) is 0 Å². The van der Waals surface area contributed by atoms with Crippen LogP contribution in [-0.2, 0) is 73.7 Å². The van der Waals surface area contributed by atoms with Crippen LogP contribution in [0.25, 0.3) is 55.6 Å². The van der Waals surface area contributed by atoms with Gasteiger partial charge in [-0.15, -0.1) is 0 Å². The van der Waals surface area contributed by atoms with Crippen molar-refractivity contribution in [3.05, 3.63) is 208 Å². The number of fused-ring (bicyclic) bond motifs is 2. The van der Waals surface area contributed by atoms with E-state index in [9.17, 15) is 38.8 Å². The van der Waals surface area contributed by atoms with Crippen LogP contribution >= 0.6 is 15.9 Å². The van der Waals surface area contributed by atoms with E-state index in [-0.39, 0.29) is 135 Å². The molecule has 2 aliphatic rings. The minimum Gasteiger partial charge on any atom is -1.00 e. The topological polar surface area (TPSA) is 321 Å². The Labute approximate surface area is 693 Å². The van der Waals surface area contributed by atoms with Crippen LogP contribution in [0.5, 0.6) is 0 Å². The summed E-state index contributed by atoms with van der Waals surface area (Å²) in [6.45, 7) is 23.2. The number of hydrogen-bond acceptors (Lipinski definition) is 19. The van der Waals surface area contributed by atoms with Crippen molar-refractivity contribution in [3.8, 4) is 33.8 Å². The maximum absolute atomic E-state index is 13.6. The van der Waals surface area contributed by atoms with Gasteiger partial charge in [0.1, 0.15) is 47.3 Å². The molecule has 2 fully saturated rings. The van der Waals surface area contributed by atoms with Crippen molar-refractivity contribution in [1.29, 1.82) is 0 Å². The number of imidazole rings is 2. The van der Waals surface area contributed by atoms with Gasteiger partial charge in [0.05, 0.1) is 71.0 Å². The second-order valence-corrected chi connectivity index (χ2v) is 30.8. The van der Waals surface area contributed by atoms with E-state index < -0.39 is 41.7 Å². The van der Waals surface area contributed by atoms with Gasteiger partial charge in [-0.2, -0.15) is 0 Å². The number of carbonyl (C=O) groups excluding carboxylic acids is 7. The van der Waals surface area contributed by atoms with E-state index in [4.69, 9.17) is 38.5 Å². The molecule has 0 aliphatic carbocycles. The van der Waals surface area contributed by atoms with Crippen LogP contribution in [0.2, 0.25) is 0 Å². The van der Waals surface area contributed by atoms with E-state index in [1.165, 1.54) is 6.07 Å². The summed E-state index contributed by atoms with van der Waals surface area (Å²) in [5, 5.41) is 29.1. The van der Waals surface area contributed by atoms with Crippen LogP contribution in [0.1, 0.15) is 156 Å². The number of ether oxygens (including phenoxy) is 6. The molecule has 0 saturated carbocycles. The summed E-state index contributed by atoms with van der Waals surface area (Å²) in [6.07, 6.45) is 5.44. The molecule has 29 heteroatoms. The predicted molar refractivity (Wildman–Crippen MR) is 410 cm³/mol. The summed E-state index contributed by atoms with van der Waals surface area (Å²) in [4.78, 5) is 107. The number of H-pyrrole nitrogens is 2. The van der Waals surface area contributed by atoms with Crippen LogP contribution in [0, 0.1) is 0 Å². The van der Waals surface area contributed by atoms with Gasteiger partial charge >= 0.3 is 103 Å². The largest absolute Gasteiger partial charge is 1.00 e. The molecule has 0 bridgehead atoms. The number of aromatic nitrogens is 6. The van der Waals surface area contributed by atoms with Gasteiger partial charge < -0.3 is 60.0 Å². The average molecular weight is 1590 g/mol. The molecule has 12 rings (SSSR count). The third-order valence-corrected chi connectivity index (χ3v) is 17.1. The summed E-state index contributed by atoms with van der Waals surface area (Å²) in [5.41, 5.74) is 7.15. The predicted octanol–water partition coefficient (Wildman–Crippen LogP) is 8.70. The van der Waals surface area contributed by atoms with Crippen LogP contribution in [0.15, 0.2) is 175 Å². The molecule has 2 saturated heterocycles. The number of esters is 2. The molecule has 2 atom stereocenters. The molecule has 570 valence electrons. The van der Waals surface area contributed by atoms with Gasteiger partial charge in [-0.05, 0) is 196 Å². The summed E-state index contributed by atoms with van der Waals surface area (Å²) < 4.78 is 36.9. The molecule has 25 nitrogen and oxygen atoms in total. The summed E-state index contributed by atoms with van der Waals surface area (Å²) >= 11 is 3.45. The molecule has 0 radical (unpaired) electrons. The molecule has 0 spiro atoms. The molecule has 4 aromatic heterocycles. The third kappa shape index (κ3) is 25.3. The van der Waals surface area contributed by atoms with Crippen molar-refractivity contribution in [2.45, 2.75) is 169 Å². The molecule has 6 aromatic carbocycles. The molecule has 2 aliphatic heterocycles. The van der Waals surface area contributed by atoms with E-state index in [2.05, 4.69) is 40.8 Å². The average Bonchev–Trinajstić information content (AvgIpc) is 1.62. The maximum Gasteiger partial charge on any atom is 1.00 e. The second kappa shape index (κ2) is 39.4. The van der Waals surface area contributed by atoms with Crippen LogP contribution in [-0.4, -0.2) is 134 Å². The summed E-state index contributed by atoms with van der Waals surface area (Å²) in [6, 6.07) is 49.1. The van der Waals surface area contributed by atoms with Crippen molar-refractivity contribution < 1.29 is 143 Å². The number of carbonyl (C=O) groups is 7. The number of nitrogens with one attached hydrogen (secondary N) is 2. The maximum atomic E-state index is 13.6. The monoisotopic (exact) mass is 1580 g/mol. The first kappa shape index (κ1) is 88.4. The molecular weight excluding hydrogens is 1490 g/mol. The number of nitrogens with zero attached hydrogens (tertiary/aromatic N) is 6. The van der Waals surface area contributed by atoms with E-state index >= 15 is 0 Å². The number of aromatic amines is 2. The summed E-state index contributed by atoms with van der Waals surface area (Å²) in [7, 11) is -1.85. The van der Waals surface area contributed by atoms with Crippen molar-refractivity contribution in [2.75, 3.05) is 13.1 Å². The van der Waals surface area contributed by atoms with Crippen molar-refractivity contribution in [1.82, 2.24) is 38.9 Å². The molecule has 2 amide bonds. The Hall–Kier alpha value is -8.87. The Morgan fingerprint density at radius 3 is 1.30 bits per heavy atom. The number of benzene rings is 6. The standard InChI is InChI=1S/C40H44N4O6.C21H20BrN3O2.C19H26BNO6.CH2O3.2Na.H/c1-39(2,3)49-35(45)22-27-14-19-32-30(21-27)23-34(44(32)38(47)50-40(4,5)6)29-17-15-28(16-18-29)31-24-41-36(42-31)33-13-10-20-43(33)37(46)48-25-26-11-8-7-9-12-26;22-17-10-8-16(9-11-17)18-13-23-20(24-18)19-7-4-12-25(19)21(26)27-14-15-5-2-1-3-6-15;1-18(2,3)26-16(22)10-12-7-8-14-13(9-12)11-15(20(24)25)21(14)17(23)27-19(4,5)6;2-1-4-3;;;/h7-9,11-12,14-19,21,23-24,33H,10,13,20,22,25H2,1-6H3,(H,41,42);1-3,5-6,8-11,13,19H,4,7,12,14H2,(H,23,24);7-9,11,24-25H,10H2,1-6H3;1,3H;;;/q;;;;2*+1;-1/p-1/t33-;19-;;;;;/m00...../s1. The second-order valence-electron chi connectivity index (χ2n) is 29.8. The molecule has 6 heterocycles. The van der Waals surface area contributed by atoms with Gasteiger partial charge in [-0.3, -0.25) is 28.8 Å². The number of hydrogen-bond donors (Lipinski definition) is 4. The first-order valence-corrected chi connectivity index (χ1v) is 36.1. The van der Waals surface area contributed by atoms with Crippen molar-refractivity contribution in [2.24, 2.45) is 0 Å². The third-order valence-electron chi connectivity index (χ3n) is 16.6. The molecule has 4 N–H and O–H groups in total. The zero-order valence-corrected chi connectivity index (χ0v) is 70.2. The van der Waals surface area contributed by atoms with Crippen molar-refractivity contribution >= 4 is 93.2 Å². The SMILES string of the molecule is CC(C)(C)OC(=O)Cc1ccc2c(c1)cc(-c1ccc(-c3cnc([C@@H]4CCCN4C(=O)OCc4ccccc4)[nH]3)cc1)n2C(=O)OC(C)(C)C.CC(C)(C)OC(=O)Cc1ccc2c(c1)cc(B(O)O)n2C(=O)OC(C)(C)C.O=C(OCc1ccccc1)N1CCC[C@H]1c1ncc(-c2ccc(Br)cc2)[nH]1.O=CO[O-].[H-].[Na+].[Na+]. The number of halogens is 1. The first-order chi connectivity index (χ1) is 51.1. The Balaban J connectivity index is 0.000000268. The smallest absolute Gasteiger partial charge is 1.00 e. The van der Waals surface area contributed by atoms with E-state index in [1.54, 1.807) is 80.3 Å². The number of amides is 2. The van der Waals surface area contributed by atoms with Gasteiger partial charge in [-0.1, -0.05) is 125 Å². The number of rotatable bonds is 15. The quantitative estimate of drug-likeness (QED) is 0.0186. The minimum absolute atomic E-state index is 0. The van der Waals surface area contributed by atoms with Crippen LogP contribution < -0.4 is 70.0 Å². The fraction of sp³-hybridized carbons (Fsp3) is 0.346. The van der Waals surface area contributed by atoms with Gasteiger partial charge in [0.2, 0.25) is 0 Å². The Morgan fingerprint density at radius 2 is 0.900 bits per heavy atom. The summed E-state index contributed by atoms with van der Waals surface area (Å²) in [5.74, 6) is 0.841. The van der Waals surface area contributed by atoms with E-state index in [0.717, 1.165) is 90.7 Å². The molecule has 0 unspecified atom stereocenters. The zero-order valence-electron chi connectivity index (χ0n) is 65.6. The first-order valence-electron chi connectivity index (χ1n) is 35.3. The molecule has 110 heavy (non-hydrogen) atoms. The Morgan fingerprint density at radius 1 is 0.518 bits per heavy atom. The Bertz CT molecular complexity index is 4760. The fourth-order valence-corrected chi connectivity index (χ4v) is 12.4. The molecular formula is C81H92BBrN8Na2O17. The number of likely N-dealkylation sites (tertiary alicyclic amines) is 2. The van der Waals surface area contributed by atoms with Crippen molar-refractivity contribution in [3.63, 3.8) is 0 Å². The van der Waals surface area contributed by atoms with Gasteiger partial charge in [0.25, 0.3) is 6.47 Å². The zero-order chi connectivity index (χ0) is 78.3. The molecule has 10 aromatic rings.